The maximum atomic E-state index is 9.89. The third-order valence-electron chi connectivity index (χ3n) is 5.04. The number of hydrogen-bond donors (Lipinski definition) is 1. The molecule has 0 aliphatic carbocycles. The number of fused-ring (bicyclic) bond motifs is 1. The molecule has 2 aromatic carbocycles. The average Bonchev–Trinajstić information content (AvgIpc) is 2.45. The van der Waals surface area contributed by atoms with E-state index >= 15 is 0 Å². The van der Waals surface area contributed by atoms with Crippen molar-refractivity contribution in [3.05, 3.63) is 59.7 Å². The van der Waals surface area contributed by atoms with Gasteiger partial charge in [-0.1, -0.05) is 43.3 Å². The third kappa shape index (κ3) is 2.10. The molecule has 0 spiro atoms. The molecule has 0 radical (unpaired) electrons. The van der Waals surface area contributed by atoms with Gasteiger partial charge in [0.2, 0.25) is 0 Å². The predicted molar refractivity (Wildman–Crippen MR) is 88.1 cm³/mol. The lowest BCUT2D eigenvalue weighted by Gasteiger charge is -2.51. The van der Waals surface area contributed by atoms with E-state index in [1.54, 1.807) is 6.07 Å². The van der Waals surface area contributed by atoms with E-state index in [9.17, 15) is 5.11 Å². The Hall–Kier alpha value is -1.96. The zero-order valence-corrected chi connectivity index (χ0v) is 13.2. The fraction of sp³-hybridized carbons (Fsp3) is 0.368. The molecule has 0 saturated heterocycles. The Morgan fingerprint density at radius 1 is 1.00 bits per heavy atom. The monoisotopic (exact) mass is 281 g/mol. The molecule has 2 heteroatoms. The van der Waals surface area contributed by atoms with Crippen molar-refractivity contribution >= 4 is 5.69 Å². The van der Waals surface area contributed by atoms with Crippen LogP contribution in [-0.2, 0) is 5.41 Å². The van der Waals surface area contributed by atoms with Gasteiger partial charge in [0.05, 0.1) is 0 Å². The summed E-state index contributed by atoms with van der Waals surface area (Å²) < 4.78 is 0. The number of phenolic OH excluding ortho intramolecular Hbond substituents is 1. The first-order chi connectivity index (χ1) is 9.84. The quantitative estimate of drug-likeness (QED) is 0.841. The average molecular weight is 281 g/mol. The fourth-order valence-electron chi connectivity index (χ4n) is 3.73. The molecule has 0 aromatic heterocycles. The van der Waals surface area contributed by atoms with Crippen molar-refractivity contribution in [1.82, 2.24) is 0 Å². The fourth-order valence-corrected chi connectivity index (χ4v) is 3.73. The lowest BCUT2D eigenvalue weighted by molar-refractivity contribution is 0.334. The van der Waals surface area contributed by atoms with Gasteiger partial charge in [-0.25, -0.2) is 0 Å². The molecule has 2 aromatic rings. The van der Waals surface area contributed by atoms with Gasteiger partial charge in [0.1, 0.15) is 5.75 Å². The molecular formula is C19H23NO. The van der Waals surface area contributed by atoms with Gasteiger partial charge in [0.25, 0.3) is 0 Å². The van der Waals surface area contributed by atoms with E-state index in [-0.39, 0.29) is 11.0 Å². The van der Waals surface area contributed by atoms with Crippen molar-refractivity contribution in [3.63, 3.8) is 0 Å². The minimum atomic E-state index is -0.0414. The van der Waals surface area contributed by atoms with Crippen LogP contribution in [0.25, 0.3) is 0 Å². The van der Waals surface area contributed by atoms with Gasteiger partial charge in [-0.3, -0.25) is 0 Å². The first-order valence-electron chi connectivity index (χ1n) is 7.47. The largest absolute Gasteiger partial charge is 0.508 e. The van der Waals surface area contributed by atoms with Crippen molar-refractivity contribution < 1.29 is 5.11 Å². The number of phenols is 1. The van der Waals surface area contributed by atoms with Gasteiger partial charge in [0.15, 0.2) is 0 Å². The summed E-state index contributed by atoms with van der Waals surface area (Å²) in [7, 11) is 2.11. The van der Waals surface area contributed by atoms with Gasteiger partial charge in [0, 0.05) is 29.8 Å². The normalized spacial score (nSPS) is 23.7. The van der Waals surface area contributed by atoms with Crippen molar-refractivity contribution in [1.29, 1.82) is 0 Å². The number of benzene rings is 2. The molecule has 2 nitrogen and oxygen atoms in total. The molecule has 1 heterocycles. The van der Waals surface area contributed by atoms with Crippen LogP contribution in [0.1, 0.15) is 38.3 Å². The highest BCUT2D eigenvalue weighted by molar-refractivity contribution is 5.65. The molecule has 0 bridgehead atoms. The summed E-state index contributed by atoms with van der Waals surface area (Å²) in [6, 6.07) is 16.4. The summed E-state index contributed by atoms with van der Waals surface area (Å²) in [6.07, 6.45) is 1.04. The molecule has 1 unspecified atom stereocenters. The molecule has 0 saturated carbocycles. The summed E-state index contributed by atoms with van der Waals surface area (Å²) in [4.78, 5) is 2.28. The third-order valence-corrected chi connectivity index (χ3v) is 5.04. The lowest BCUT2D eigenvalue weighted by Crippen LogP contribution is -2.51. The lowest BCUT2D eigenvalue weighted by atomic mass is 9.65. The molecule has 1 atom stereocenters. The number of nitrogens with zero attached hydrogens (tertiary/aromatic N) is 1. The van der Waals surface area contributed by atoms with Crippen molar-refractivity contribution in [2.24, 2.45) is 0 Å². The van der Waals surface area contributed by atoms with Crippen LogP contribution < -0.4 is 4.90 Å². The Bertz CT molecular complexity index is 663. The highest BCUT2D eigenvalue weighted by Gasteiger charge is 2.44. The SMILES string of the molecule is CN1c2cc(O)ccc2C(C)(c2ccccc2)CC1(C)C. The zero-order chi connectivity index (χ0) is 15.3. The number of hydrogen-bond acceptors (Lipinski definition) is 2. The first kappa shape index (κ1) is 14.0. The second kappa shape index (κ2) is 4.52. The molecule has 1 aliphatic rings. The molecule has 1 aliphatic heterocycles. The molecule has 3 rings (SSSR count). The minimum absolute atomic E-state index is 0.0331. The summed E-state index contributed by atoms with van der Waals surface area (Å²) in [5.74, 6) is 0.328. The Balaban J connectivity index is 2.26. The number of anilines is 1. The van der Waals surface area contributed by atoms with Crippen LogP contribution in [0.2, 0.25) is 0 Å². The van der Waals surface area contributed by atoms with Crippen LogP contribution >= 0.6 is 0 Å². The van der Waals surface area contributed by atoms with Gasteiger partial charge < -0.3 is 10.0 Å². The summed E-state index contributed by atoms with van der Waals surface area (Å²) in [5, 5.41) is 9.89. The van der Waals surface area contributed by atoms with Gasteiger partial charge in [-0.15, -0.1) is 0 Å². The van der Waals surface area contributed by atoms with E-state index in [0.717, 1.165) is 12.1 Å². The van der Waals surface area contributed by atoms with Gasteiger partial charge >= 0.3 is 0 Å². The first-order valence-corrected chi connectivity index (χ1v) is 7.47. The minimum Gasteiger partial charge on any atom is -0.508 e. The van der Waals surface area contributed by atoms with Crippen LogP contribution in [0.4, 0.5) is 5.69 Å². The van der Waals surface area contributed by atoms with Crippen LogP contribution in [0.5, 0.6) is 5.75 Å². The van der Waals surface area contributed by atoms with Crippen molar-refractivity contribution in [3.8, 4) is 5.75 Å². The molecule has 110 valence electrons. The second-order valence-corrected chi connectivity index (χ2v) is 6.95. The van der Waals surface area contributed by atoms with E-state index in [1.807, 2.05) is 6.07 Å². The number of aromatic hydroxyl groups is 1. The Morgan fingerprint density at radius 3 is 2.33 bits per heavy atom. The summed E-state index contributed by atoms with van der Waals surface area (Å²) in [6.45, 7) is 6.84. The van der Waals surface area contributed by atoms with E-state index in [2.05, 4.69) is 69.1 Å². The highest BCUT2D eigenvalue weighted by atomic mass is 16.3. The Kier molecular flexibility index (Phi) is 3.01. The van der Waals surface area contributed by atoms with Gasteiger partial charge in [-0.2, -0.15) is 0 Å². The van der Waals surface area contributed by atoms with E-state index in [1.165, 1.54) is 11.1 Å². The standard InChI is InChI=1S/C19H23NO/c1-18(2)13-19(3,14-8-6-5-7-9-14)16-11-10-15(21)12-17(16)20(18)4/h5-12,21H,13H2,1-4H3. The number of rotatable bonds is 1. The molecule has 1 N–H and O–H groups in total. The van der Waals surface area contributed by atoms with Gasteiger partial charge in [-0.05, 0) is 37.5 Å². The van der Waals surface area contributed by atoms with Crippen molar-refractivity contribution in [2.45, 2.75) is 38.1 Å². The Labute approximate surface area is 127 Å². The molecule has 0 fully saturated rings. The zero-order valence-electron chi connectivity index (χ0n) is 13.2. The predicted octanol–water partition coefficient (Wildman–Crippen LogP) is 4.32. The summed E-state index contributed by atoms with van der Waals surface area (Å²) in [5.41, 5.74) is 3.73. The van der Waals surface area contributed by atoms with E-state index < -0.39 is 0 Å². The summed E-state index contributed by atoms with van der Waals surface area (Å²) >= 11 is 0. The Morgan fingerprint density at radius 2 is 1.67 bits per heavy atom. The second-order valence-electron chi connectivity index (χ2n) is 6.95. The smallest absolute Gasteiger partial charge is 0.117 e. The molecular weight excluding hydrogens is 258 g/mol. The maximum absolute atomic E-state index is 9.89. The van der Waals surface area contributed by atoms with E-state index in [4.69, 9.17) is 0 Å². The molecule has 21 heavy (non-hydrogen) atoms. The highest BCUT2D eigenvalue weighted by Crippen LogP contribution is 2.50. The van der Waals surface area contributed by atoms with Crippen LogP contribution in [-0.4, -0.2) is 17.7 Å². The van der Waals surface area contributed by atoms with Crippen LogP contribution in [0.15, 0.2) is 48.5 Å². The van der Waals surface area contributed by atoms with Crippen LogP contribution in [0, 0.1) is 0 Å². The topological polar surface area (TPSA) is 23.5 Å². The maximum Gasteiger partial charge on any atom is 0.117 e. The van der Waals surface area contributed by atoms with E-state index in [0.29, 0.717) is 5.75 Å². The van der Waals surface area contributed by atoms with Crippen LogP contribution in [0.3, 0.4) is 0 Å². The molecule has 0 amide bonds. The van der Waals surface area contributed by atoms with Crippen molar-refractivity contribution in [2.75, 3.05) is 11.9 Å².